The molecule has 1 heterocycles. The highest BCUT2D eigenvalue weighted by Crippen LogP contribution is 2.58. The van der Waals surface area contributed by atoms with Crippen LogP contribution in [-0.4, -0.2) is 36.0 Å². The first-order valence-corrected chi connectivity index (χ1v) is 13.3. The van der Waals surface area contributed by atoms with Crippen molar-refractivity contribution < 1.29 is 14.3 Å². The SMILES string of the molecule is CC(C)c1ccc2c(c1)CCC1C(C)(C)CCC(OCCCN3C(=O)c4ccccc4C3=O)[C@]21C. The third kappa shape index (κ3) is 3.94. The molecule has 0 radical (unpaired) electrons. The Labute approximate surface area is 210 Å². The van der Waals surface area contributed by atoms with Gasteiger partial charge in [-0.2, -0.15) is 0 Å². The first-order valence-electron chi connectivity index (χ1n) is 13.3. The van der Waals surface area contributed by atoms with Crippen LogP contribution in [0.1, 0.15) is 104 Å². The molecule has 0 bridgehead atoms. The fourth-order valence-corrected chi connectivity index (χ4v) is 7.22. The quantitative estimate of drug-likeness (QED) is 0.354. The summed E-state index contributed by atoms with van der Waals surface area (Å²) in [5.41, 5.74) is 5.66. The van der Waals surface area contributed by atoms with Gasteiger partial charge in [-0.15, -0.1) is 0 Å². The number of carbonyl (C=O) groups is 2. The van der Waals surface area contributed by atoms with Gasteiger partial charge in [-0.25, -0.2) is 0 Å². The average molecular weight is 474 g/mol. The first-order chi connectivity index (χ1) is 16.6. The van der Waals surface area contributed by atoms with Gasteiger partial charge >= 0.3 is 0 Å². The Balaban J connectivity index is 1.31. The van der Waals surface area contributed by atoms with E-state index < -0.39 is 0 Å². The van der Waals surface area contributed by atoms with Crippen molar-refractivity contribution in [3.63, 3.8) is 0 Å². The van der Waals surface area contributed by atoms with E-state index in [1.807, 2.05) is 12.1 Å². The van der Waals surface area contributed by atoms with E-state index >= 15 is 0 Å². The molecule has 2 aliphatic carbocycles. The molecule has 1 fully saturated rings. The van der Waals surface area contributed by atoms with Gasteiger partial charge in [0.05, 0.1) is 17.2 Å². The van der Waals surface area contributed by atoms with Gasteiger partial charge in [-0.1, -0.05) is 65.0 Å². The first kappa shape index (κ1) is 24.2. The van der Waals surface area contributed by atoms with E-state index in [1.54, 1.807) is 12.1 Å². The van der Waals surface area contributed by atoms with Gasteiger partial charge in [0.25, 0.3) is 11.8 Å². The van der Waals surface area contributed by atoms with Crippen LogP contribution in [0.5, 0.6) is 0 Å². The van der Waals surface area contributed by atoms with E-state index in [0.29, 0.717) is 42.5 Å². The smallest absolute Gasteiger partial charge is 0.261 e. The highest BCUT2D eigenvalue weighted by Gasteiger charge is 2.55. The summed E-state index contributed by atoms with van der Waals surface area (Å²) in [7, 11) is 0. The summed E-state index contributed by atoms with van der Waals surface area (Å²) in [6, 6.07) is 14.2. The van der Waals surface area contributed by atoms with Crippen molar-refractivity contribution in [2.75, 3.05) is 13.2 Å². The number of amides is 2. The fourth-order valence-electron chi connectivity index (χ4n) is 7.22. The molecule has 2 amide bonds. The van der Waals surface area contributed by atoms with Crippen LogP contribution in [-0.2, 0) is 16.6 Å². The van der Waals surface area contributed by atoms with E-state index in [1.165, 1.54) is 28.0 Å². The van der Waals surface area contributed by atoms with E-state index in [2.05, 4.69) is 52.8 Å². The molecule has 0 spiro atoms. The lowest BCUT2D eigenvalue weighted by Crippen LogP contribution is -2.56. The van der Waals surface area contributed by atoms with Gasteiger partial charge in [-0.05, 0) is 78.2 Å². The Morgan fingerprint density at radius 2 is 1.69 bits per heavy atom. The predicted molar refractivity (Wildman–Crippen MR) is 139 cm³/mol. The zero-order valence-corrected chi connectivity index (χ0v) is 21.9. The van der Waals surface area contributed by atoms with Crippen molar-refractivity contribution >= 4 is 11.8 Å². The second-order valence-electron chi connectivity index (χ2n) is 12.0. The van der Waals surface area contributed by atoms with E-state index in [-0.39, 0.29) is 28.7 Å². The zero-order chi connectivity index (χ0) is 25.0. The van der Waals surface area contributed by atoms with Gasteiger partial charge in [0.1, 0.15) is 0 Å². The molecular formula is C31H39NO3. The molecule has 4 nitrogen and oxygen atoms in total. The van der Waals surface area contributed by atoms with Crippen LogP contribution < -0.4 is 0 Å². The molecule has 2 aromatic rings. The maximum atomic E-state index is 12.7. The molecule has 5 rings (SSSR count). The Hall–Kier alpha value is -2.46. The van der Waals surface area contributed by atoms with Gasteiger partial charge in [0.2, 0.25) is 0 Å². The number of aryl methyl sites for hydroxylation is 1. The molecule has 1 saturated carbocycles. The number of hydrogen-bond acceptors (Lipinski definition) is 3. The standard InChI is InChI=1S/C31H39NO3/c1-20(2)21-11-13-25-22(19-21)12-14-26-30(3,4)16-15-27(31(25,26)5)35-18-8-17-32-28(33)23-9-6-7-10-24(23)29(32)34/h6-7,9-11,13,19-20,26-27H,8,12,14-18H2,1-5H3/t26?,27?,31-/m1/s1. The molecule has 0 aromatic heterocycles. The summed E-state index contributed by atoms with van der Waals surface area (Å²) < 4.78 is 6.64. The number of carbonyl (C=O) groups excluding carboxylic acids is 2. The summed E-state index contributed by atoms with van der Waals surface area (Å²) in [5, 5.41) is 0. The van der Waals surface area contributed by atoms with E-state index in [4.69, 9.17) is 4.74 Å². The van der Waals surface area contributed by atoms with Crippen LogP contribution in [0.2, 0.25) is 0 Å². The van der Waals surface area contributed by atoms with Crippen LogP contribution >= 0.6 is 0 Å². The number of ether oxygens (including phenoxy) is 1. The molecule has 3 aliphatic rings. The molecule has 35 heavy (non-hydrogen) atoms. The van der Waals surface area contributed by atoms with Crippen molar-refractivity contribution in [1.82, 2.24) is 4.90 Å². The van der Waals surface area contributed by atoms with Gasteiger partial charge in [0.15, 0.2) is 0 Å². The highest BCUT2D eigenvalue weighted by atomic mass is 16.5. The Kier molecular flexibility index (Phi) is 6.15. The predicted octanol–water partition coefficient (Wildman–Crippen LogP) is 6.52. The maximum absolute atomic E-state index is 12.7. The molecule has 1 aliphatic heterocycles. The summed E-state index contributed by atoms with van der Waals surface area (Å²) in [4.78, 5) is 26.8. The number of benzene rings is 2. The van der Waals surface area contributed by atoms with Crippen molar-refractivity contribution in [1.29, 1.82) is 0 Å². The van der Waals surface area contributed by atoms with Crippen LogP contribution in [0.3, 0.4) is 0 Å². The fraction of sp³-hybridized carbons (Fsp3) is 0.548. The summed E-state index contributed by atoms with van der Waals surface area (Å²) >= 11 is 0. The normalized spacial score (nSPS) is 27.1. The molecule has 2 unspecified atom stereocenters. The van der Waals surface area contributed by atoms with Crippen molar-refractivity contribution in [2.45, 2.75) is 84.2 Å². The topological polar surface area (TPSA) is 46.6 Å². The largest absolute Gasteiger partial charge is 0.377 e. The summed E-state index contributed by atoms with van der Waals surface area (Å²) in [6.07, 6.45) is 5.35. The lowest BCUT2D eigenvalue weighted by atomic mass is 9.49. The Morgan fingerprint density at radius 1 is 1.00 bits per heavy atom. The Bertz CT molecular complexity index is 1110. The number of nitrogens with zero attached hydrogens (tertiary/aromatic N) is 1. The third-order valence-electron chi connectivity index (χ3n) is 9.19. The summed E-state index contributed by atoms with van der Waals surface area (Å²) in [5.74, 6) is 0.739. The Morgan fingerprint density at radius 3 is 2.34 bits per heavy atom. The van der Waals surface area contributed by atoms with Gasteiger partial charge < -0.3 is 4.74 Å². The van der Waals surface area contributed by atoms with Crippen LogP contribution in [0.4, 0.5) is 0 Å². The van der Waals surface area contributed by atoms with Crippen LogP contribution in [0.25, 0.3) is 0 Å². The van der Waals surface area contributed by atoms with Gasteiger partial charge in [0, 0.05) is 18.6 Å². The number of fused-ring (bicyclic) bond motifs is 4. The zero-order valence-electron chi connectivity index (χ0n) is 21.9. The molecule has 4 heteroatoms. The number of hydrogen-bond donors (Lipinski definition) is 0. The van der Waals surface area contributed by atoms with Gasteiger partial charge in [-0.3, -0.25) is 14.5 Å². The van der Waals surface area contributed by atoms with Crippen LogP contribution in [0, 0.1) is 11.3 Å². The number of imide groups is 1. The molecule has 3 atom stereocenters. The minimum Gasteiger partial charge on any atom is -0.377 e. The minimum atomic E-state index is -0.181. The highest BCUT2D eigenvalue weighted by molar-refractivity contribution is 6.21. The monoisotopic (exact) mass is 473 g/mol. The third-order valence-corrected chi connectivity index (χ3v) is 9.19. The second-order valence-corrected chi connectivity index (χ2v) is 12.0. The van der Waals surface area contributed by atoms with E-state index in [0.717, 1.165) is 19.3 Å². The van der Waals surface area contributed by atoms with Crippen molar-refractivity contribution in [2.24, 2.45) is 11.3 Å². The molecule has 0 N–H and O–H groups in total. The van der Waals surface area contributed by atoms with E-state index in [9.17, 15) is 9.59 Å². The molecule has 0 saturated heterocycles. The second kappa shape index (κ2) is 8.89. The molecule has 186 valence electrons. The maximum Gasteiger partial charge on any atom is 0.261 e. The number of rotatable bonds is 6. The average Bonchev–Trinajstić information content (AvgIpc) is 3.07. The summed E-state index contributed by atoms with van der Waals surface area (Å²) in [6.45, 7) is 12.8. The van der Waals surface area contributed by atoms with Crippen molar-refractivity contribution in [3.8, 4) is 0 Å². The molecular weight excluding hydrogens is 434 g/mol. The van der Waals surface area contributed by atoms with Crippen molar-refractivity contribution in [3.05, 3.63) is 70.3 Å². The minimum absolute atomic E-state index is 0.0274. The lowest BCUT2D eigenvalue weighted by molar-refractivity contribution is -0.0961. The van der Waals surface area contributed by atoms with Crippen LogP contribution in [0.15, 0.2) is 42.5 Å². The molecule has 2 aromatic carbocycles. The lowest BCUT2D eigenvalue weighted by Gasteiger charge is -2.57.